The molecule has 0 aliphatic carbocycles. The minimum absolute atomic E-state index is 0.454. The molecule has 1 aromatic rings. The van der Waals surface area contributed by atoms with Gasteiger partial charge in [-0.25, -0.2) is 0 Å². The molecule has 12 heavy (non-hydrogen) atoms. The van der Waals surface area contributed by atoms with Crippen LogP contribution in [-0.4, -0.2) is 7.05 Å². The van der Waals surface area contributed by atoms with Crippen LogP contribution in [0.15, 0.2) is 18.2 Å². The molecule has 0 aliphatic heterocycles. The van der Waals surface area contributed by atoms with Gasteiger partial charge in [0.2, 0.25) is 0 Å². The van der Waals surface area contributed by atoms with Crippen LogP contribution in [0.1, 0.15) is 5.56 Å². The van der Waals surface area contributed by atoms with Crippen molar-refractivity contribution in [3.05, 3.63) is 33.8 Å². The molecule has 4 heteroatoms. The Labute approximate surface area is 82.5 Å². The Morgan fingerprint density at radius 3 is 2.25 bits per heavy atom. The normalized spacial score (nSPS) is 8.75. The molecular weight excluding hydrogens is 195 g/mol. The fourth-order valence-corrected chi connectivity index (χ4v) is 1.17. The predicted molar refractivity (Wildman–Crippen MR) is 54.5 cm³/mol. The molecule has 0 amide bonds. The second-order valence-corrected chi connectivity index (χ2v) is 2.78. The summed E-state index contributed by atoms with van der Waals surface area (Å²) >= 11 is 11.4. The van der Waals surface area contributed by atoms with Crippen molar-refractivity contribution in [1.82, 2.24) is 0 Å². The number of nitrogens with two attached hydrogens (primary N) is 2. The van der Waals surface area contributed by atoms with Crippen molar-refractivity contribution in [3.8, 4) is 0 Å². The highest BCUT2D eigenvalue weighted by Gasteiger charge is 1.96. The second kappa shape index (κ2) is 6.26. The summed E-state index contributed by atoms with van der Waals surface area (Å²) in [5, 5.41) is 1.28. The monoisotopic (exact) mass is 206 g/mol. The molecule has 1 aromatic carbocycles. The van der Waals surface area contributed by atoms with Crippen LogP contribution in [0.4, 0.5) is 0 Å². The summed E-state index contributed by atoms with van der Waals surface area (Å²) in [6, 6.07) is 5.28. The Kier molecular flexibility index (Phi) is 6.11. The summed E-state index contributed by atoms with van der Waals surface area (Å²) in [5.41, 5.74) is 10.8. The molecule has 0 saturated carbocycles. The Morgan fingerprint density at radius 1 is 1.25 bits per heavy atom. The second-order valence-electron chi connectivity index (χ2n) is 1.94. The molecule has 2 nitrogen and oxygen atoms in total. The largest absolute Gasteiger partial charge is 0.333 e. The van der Waals surface area contributed by atoms with E-state index in [0.717, 1.165) is 5.56 Å². The molecule has 4 N–H and O–H groups in total. The van der Waals surface area contributed by atoms with Crippen molar-refractivity contribution < 1.29 is 0 Å². The van der Waals surface area contributed by atoms with Crippen molar-refractivity contribution in [2.45, 2.75) is 6.54 Å². The Hall–Kier alpha value is -0.280. The van der Waals surface area contributed by atoms with Gasteiger partial charge in [0.15, 0.2) is 0 Å². The van der Waals surface area contributed by atoms with Gasteiger partial charge in [-0.05, 0) is 24.7 Å². The predicted octanol–water partition coefficient (Wildman–Crippen LogP) is 2.03. The summed E-state index contributed by atoms with van der Waals surface area (Å²) in [7, 11) is 1.50. The first-order valence-corrected chi connectivity index (χ1v) is 4.21. The van der Waals surface area contributed by atoms with Gasteiger partial charge in [0.05, 0.1) is 0 Å². The van der Waals surface area contributed by atoms with Crippen LogP contribution in [0.5, 0.6) is 0 Å². The summed E-state index contributed by atoms with van der Waals surface area (Å²) in [4.78, 5) is 0. The zero-order valence-electron chi connectivity index (χ0n) is 6.85. The lowest BCUT2D eigenvalue weighted by molar-refractivity contribution is 1.07. The molecule has 1 rings (SSSR count). The first-order valence-electron chi connectivity index (χ1n) is 3.46. The van der Waals surface area contributed by atoms with Gasteiger partial charge in [-0.3, -0.25) is 0 Å². The molecule has 0 saturated heterocycles. The van der Waals surface area contributed by atoms with Crippen LogP contribution in [0, 0.1) is 0 Å². The van der Waals surface area contributed by atoms with E-state index in [4.69, 9.17) is 28.9 Å². The van der Waals surface area contributed by atoms with E-state index in [-0.39, 0.29) is 0 Å². The molecule has 0 radical (unpaired) electrons. The van der Waals surface area contributed by atoms with Crippen molar-refractivity contribution in [2.75, 3.05) is 7.05 Å². The molecule has 0 aliphatic rings. The maximum Gasteiger partial charge on any atom is 0.0465 e. The summed E-state index contributed by atoms with van der Waals surface area (Å²) in [6.45, 7) is 0.454. The summed E-state index contributed by atoms with van der Waals surface area (Å²) in [5.74, 6) is 0. The van der Waals surface area contributed by atoms with Crippen LogP contribution in [-0.2, 0) is 6.54 Å². The molecule has 68 valence electrons. The van der Waals surface area contributed by atoms with E-state index in [1.54, 1.807) is 12.1 Å². The van der Waals surface area contributed by atoms with Gasteiger partial charge in [0, 0.05) is 16.6 Å². The lowest BCUT2D eigenvalue weighted by Gasteiger charge is -1.98. The molecule has 0 bridgehead atoms. The minimum Gasteiger partial charge on any atom is -0.333 e. The highest BCUT2D eigenvalue weighted by molar-refractivity contribution is 6.35. The van der Waals surface area contributed by atoms with Gasteiger partial charge in [-0.1, -0.05) is 29.3 Å². The average Bonchev–Trinajstić information content (AvgIpc) is 2.08. The molecular formula is C8H12Cl2N2. The summed E-state index contributed by atoms with van der Waals surface area (Å²) < 4.78 is 0. The van der Waals surface area contributed by atoms with Crippen LogP contribution in [0.3, 0.4) is 0 Å². The van der Waals surface area contributed by atoms with E-state index in [1.165, 1.54) is 7.05 Å². The third-order valence-electron chi connectivity index (χ3n) is 1.24. The Morgan fingerprint density at radius 2 is 1.83 bits per heavy atom. The van der Waals surface area contributed by atoms with Crippen LogP contribution < -0.4 is 11.5 Å². The number of hydrogen-bond acceptors (Lipinski definition) is 2. The number of benzene rings is 1. The van der Waals surface area contributed by atoms with Gasteiger partial charge in [-0.15, -0.1) is 0 Å². The van der Waals surface area contributed by atoms with E-state index < -0.39 is 0 Å². The van der Waals surface area contributed by atoms with Gasteiger partial charge in [0.25, 0.3) is 0 Å². The zero-order valence-corrected chi connectivity index (χ0v) is 8.36. The molecule has 0 unspecified atom stereocenters. The van der Waals surface area contributed by atoms with Gasteiger partial charge in [0.1, 0.15) is 0 Å². The number of rotatable bonds is 1. The first-order chi connectivity index (χ1) is 5.74. The van der Waals surface area contributed by atoms with Gasteiger partial charge >= 0.3 is 0 Å². The van der Waals surface area contributed by atoms with Crippen molar-refractivity contribution >= 4 is 23.2 Å². The Bertz CT molecular complexity index is 238. The minimum atomic E-state index is 0.454. The maximum atomic E-state index is 5.77. The van der Waals surface area contributed by atoms with E-state index in [2.05, 4.69) is 5.73 Å². The SMILES string of the molecule is CN.NCc1ccc(Cl)cc1Cl. The first kappa shape index (κ1) is 11.7. The molecule has 0 spiro atoms. The smallest absolute Gasteiger partial charge is 0.0465 e. The standard InChI is InChI=1S/C7H7Cl2N.CH5N/c8-6-2-1-5(4-10)7(9)3-6;1-2/h1-3H,4,10H2;2H2,1H3. The highest BCUT2D eigenvalue weighted by Crippen LogP contribution is 2.19. The third kappa shape index (κ3) is 3.41. The van der Waals surface area contributed by atoms with Crippen molar-refractivity contribution in [3.63, 3.8) is 0 Å². The van der Waals surface area contributed by atoms with Crippen LogP contribution in [0.25, 0.3) is 0 Å². The molecule has 0 fully saturated rings. The topological polar surface area (TPSA) is 52.0 Å². The fourth-order valence-electron chi connectivity index (χ4n) is 0.687. The molecule has 0 atom stereocenters. The lowest BCUT2D eigenvalue weighted by atomic mass is 10.2. The lowest BCUT2D eigenvalue weighted by Crippen LogP contribution is -1.96. The maximum absolute atomic E-state index is 5.77. The van der Waals surface area contributed by atoms with Crippen molar-refractivity contribution in [2.24, 2.45) is 11.5 Å². The summed E-state index contributed by atoms with van der Waals surface area (Å²) in [6.07, 6.45) is 0. The average molecular weight is 207 g/mol. The number of hydrogen-bond donors (Lipinski definition) is 2. The van der Waals surface area contributed by atoms with Gasteiger partial charge < -0.3 is 11.5 Å². The molecule has 0 heterocycles. The van der Waals surface area contributed by atoms with Crippen LogP contribution in [0.2, 0.25) is 10.0 Å². The van der Waals surface area contributed by atoms with E-state index in [9.17, 15) is 0 Å². The Balaban J connectivity index is 0.000000561. The van der Waals surface area contributed by atoms with Crippen molar-refractivity contribution in [1.29, 1.82) is 0 Å². The van der Waals surface area contributed by atoms with Crippen LogP contribution >= 0.6 is 23.2 Å². The van der Waals surface area contributed by atoms with E-state index in [1.807, 2.05) is 6.07 Å². The quantitative estimate of drug-likeness (QED) is 0.740. The van der Waals surface area contributed by atoms with E-state index in [0.29, 0.717) is 16.6 Å². The van der Waals surface area contributed by atoms with E-state index >= 15 is 0 Å². The number of halogens is 2. The fraction of sp³-hybridized carbons (Fsp3) is 0.250. The molecule has 0 aromatic heterocycles. The van der Waals surface area contributed by atoms with Gasteiger partial charge in [-0.2, -0.15) is 0 Å². The zero-order chi connectivity index (χ0) is 9.56. The highest BCUT2D eigenvalue weighted by atomic mass is 35.5. The third-order valence-corrected chi connectivity index (χ3v) is 1.82.